The van der Waals surface area contributed by atoms with Crippen molar-refractivity contribution in [3.63, 3.8) is 0 Å². The largest absolute Gasteiger partial charge is 0.508 e. The Kier molecular flexibility index (Phi) is 4.42. The van der Waals surface area contributed by atoms with Gasteiger partial charge in [0.1, 0.15) is 12.3 Å². The van der Waals surface area contributed by atoms with E-state index in [9.17, 15) is 14.7 Å². The molecule has 1 aromatic heterocycles. The first kappa shape index (κ1) is 15.3. The van der Waals surface area contributed by atoms with E-state index in [2.05, 4.69) is 15.3 Å². The van der Waals surface area contributed by atoms with Gasteiger partial charge in [-0.05, 0) is 12.1 Å². The molecule has 0 atom stereocenters. The molecule has 2 N–H and O–H groups in total. The highest BCUT2D eigenvalue weighted by molar-refractivity contribution is 8.00. The number of hydrogen-bond donors (Lipinski definition) is 2. The lowest BCUT2D eigenvalue weighted by Gasteiger charge is -2.14. The van der Waals surface area contributed by atoms with E-state index in [0.29, 0.717) is 28.7 Å². The second-order valence-corrected chi connectivity index (χ2v) is 5.92. The Hall–Kier alpha value is -2.61. The van der Waals surface area contributed by atoms with E-state index in [-0.39, 0.29) is 24.1 Å². The van der Waals surface area contributed by atoms with Gasteiger partial charge < -0.3 is 15.3 Å². The van der Waals surface area contributed by atoms with Gasteiger partial charge in [-0.15, -0.1) is 11.8 Å². The Labute approximate surface area is 136 Å². The van der Waals surface area contributed by atoms with E-state index in [1.54, 1.807) is 24.3 Å². The summed E-state index contributed by atoms with van der Waals surface area (Å²) in [5.74, 6) is 1.24. The third-order valence-corrected chi connectivity index (χ3v) is 4.15. The molecule has 1 fully saturated rings. The maximum absolute atomic E-state index is 11.9. The van der Waals surface area contributed by atoms with Crippen LogP contribution in [0.2, 0.25) is 0 Å². The summed E-state index contributed by atoms with van der Waals surface area (Å²) in [5, 5.41) is 12.1. The van der Waals surface area contributed by atoms with Crippen molar-refractivity contribution in [2.24, 2.45) is 0 Å². The molecule has 8 heteroatoms. The molecule has 1 saturated heterocycles. The topological polar surface area (TPSA) is 95.4 Å². The molecular weight excluding hydrogens is 316 g/mol. The van der Waals surface area contributed by atoms with Crippen LogP contribution >= 0.6 is 11.8 Å². The Bertz CT molecular complexity index is 736. The van der Waals surface area contributed by atoms with Gasteiger partial charge in [0.2, 0.25) is 11.8 Å². The highest BCUT2D eigenvalue weighted by atomic mass is 32.2. The number of aromatic nitrogens is 2. The minimum atomic E-state index is -0.283. The molecule has 7 nitrogen and oxygen atoms in total. The fraction of sp³-hybridized carbons (Fsp3) is 0.200. The zero-order valence-corrected chi connectivity index (χ0v) is 12.9. The predicted octanol–water partition coefficient (Wildman–Crippen LogP) is 1.32. The summed E-state index contributed by atoms with van der Waals surface area (Å²) in [7, 11) is 0. The van der Waals surface area contributed by atoms with Crippen LogP contribution in [0.5, 0.6) is 5.75 Å². The molecule has 0 unspecified atom stereocenters. The summed E-state index contributed by atoms with van der Waals surface area (Å²) in [4.78, 5) is 33.2. The third-order valence-electron chi connectivity index (χ3n) is 3.20. The molecule has 0 radical (unpaired) electrons. The van der Waals surface area contributed by atoms with Crippen molar-refractivity contribution < 1.29 is 14.7 Å². The molecule has 1 aliphatic rings. The average Bonchev–Trinajstić information content (AvgIpc) is 2.93. The van der Waals surface area contributed by atoms with Gasteiger partial charge in [-0.25, -0.2) is 9.97 Å². The van der Waals surface area contributed by atoms with E-state index in [1.165, 1.54) is 29.1 Å². The average molecular weight is 330 g/mol. The molecule has 0 spiro atoms. The first-order valence-electron chi connectivity index (χ1n) is 6.88. The lowest BCUT2D eigenvalue weighted by atomic mass is 10.2. The summed E-state index contributed by atoms with van der Waals surface area (Å²) in [5.41, 5.74) is 1.14. The van der Waals surface area contributed by atoms with Gasteiger partial charge in [-0.1, -0.05) is 12.1 Å². The number of carbonyl (C=O) groups excluding carboxylic acids is 2. The highest BCUT2D eigenvalue weighted by Crippen LogP contribution is 2.20. The maximum atomic E-state index is 11.9. The van der Waals surface area contributed by atoms with Gasteiger partial charge in [0.25, 0.3) is 0 Å². The number of benzene rings is 1. The smallest absolute Gasteiger partial charge is 0.244 e. The Morgan fingerprint density at radius 3 is 2.78 bits per heavy atom. The lowest BCUT2D eigenvalue weighted by Crippen LogP contribution is -2.34. The number of phenolic OH excluding ortho intramolecular Hbond substituents is 1. The van der Waals surface area contributed by atoms with Crippen LogP contribution in [0.3, 0.4) is 0 Å². The molecule has 0 saturated carbocycles. The molecule has 0 aliphatic carbocycles. The molecule has 3 rings (SSSR count). The summed E-state index contributed by atoms with van der Waals surface area (Å²) in [6, 6.07) is 6.61. The Morgan fingerprint density at radius 1 is 1.35 bits per heavy atom. The van der Waals surface area contributed by atoms with Crippen molar-refractivity contribution in [2.75, 3.05) is 23.5 Å². The van der Waals surface area contributed by atoms with Crippen LogP contribution in [-0.4, -0.2) is 50.0 Å². The van der Waals surface area contributed by atoms with Gasteiger partial charge in [0.15, 0.2) is 5.82 Å². The lowest BCUT2D eigenvalue weighted by molar-refractivity contribution is -0.130. The summed E-state index contributed by atoms with van der Waals surface area (Å²) >= 11 is 1.49. The standard InChI is InChI=1S/C15H14N4O3S/c20-12-3-1-2-10(4-12)15-16-5-11(6-17-15)18-13(21)7-19-9-23-8-14(19)22/h1-6,20H,7-9H2,(H,18,21). The Morgan fingerprint density at radius 2 is 2.13 bits per heavy atom. The number of nitrogens with zero attached hydrogens (tertiary/aromatic N) is 3. The van der Waals surface area contributed by atoms with Crippen LogP contribution in [-0.2, 0) is 9.59 Å². The van der Waals surface area contributed by atoms with Gasteiger partial charge in [-0.2, -0.15) is 0 Å². The van der Waals surface area contributed by atoms with E-state index >= 15 is 0 Å². The van der Waals surface area contributed by atoms with Gasteiger partial charge >= 0.3 is 0 Å². The number of aromatic hydroxyl groups is 1. The van der Waals surface area contributed by atoms with Gasteiger partial charge in [-0.3, -0.25) is 9.59 Å². The quantitative estimate of drug-likeness (QED) is 0.878. The van der Waals surface area contributed by atoms with Crippen molar-refractivity contribution >= 4 is 29.3 Å². The number of phenols is 1. The van der Waals surface area contributed by atoms with Crippen LogP contribution in [0.4, 0.5) is 5.69 Å². The third kappa shape index (κ3) is 3.78. The first-order chi connectivity index (χ1) is 11.1. The van der Waals surface area contributed by atoms with Crippen molar-refractivity contribution in [3.05, 3.63) is 36.7 Å². The zero-order chi connectivity index (χ0) is 16.2. The molecule has 1 aromatic carbocycles. The number of nitrogens with one attached hydrogen (secondary N) is 1. The molecule has 118 valence electrons. The predicted molar refractivity (Wildman–Crippen MR) is 86.8 cm³/mol. The first-order valence-corrected chi connectivity index (χ1v) is 8.04. The fourth-order valence-corrected chi connectivity index (χ4v) is 3.00. The van der Waals surface area contributed by atoms with E-state index < -0.39 is 0 Å². The summed E-state index contributed by atoms with van der Waals surface area (Å²) in [6.07, 6.45) is 2.98. The minimum absolute atomic E-state index is 0.0272. The van der Waals surface area contributed by atoms with Crippen molar-refractivity contribution in [2.45, 2.75) is 0 Å². The van der Waals surface area contributed by atoms with E-state index in [0.717, 1.165) is 0 Å². The SMILES string of the molecule is O=C(CN1CSCC1=O)Nc1cnc(-c2cccc(O)c2)nc1. The van der Waals surface area contributed by atoms with Crippen molar-refractivity contribution in [3.8, 4) is 17.1 Å². The van der Waals surface area contributed by atoms with Crippen LogP contribution in [0.15, 0.2) is 36.7 Å². The number of carbonyl (C=O) groups is 2. The molecule has 0 bridgehead atoms. The molecule has 1 aliphatic heterocycles. The molecular formula is C15H14N4O3S. The summed E-state index contributed by atoms with van der Waals surface area (Å²) < 4.78 is 0. The molecule has 2 aromatic rings. The van der Waals surface area contributed by atoms with Gasteiger partial charge in [0, 0.05) is 5.56 Å². The molecule has 2 heterocycles. The number of amides is 2. The molecule has 23 heavy (non-hydrogen) atoms. The number of rotatable bonds is 4. The second-order valence-electron chi connectivity index (χ2n) is 4.96. The number of anilines is 1. The van der Waals surface area contributed by atoms with Crippen molar-refractivity contribution in [1.82, 2.24) is 14.9 Å². The van der Waals surface area contributed by atoms with E-state index in [4.69, 9.17) is 0 Å². The highest BCUT2D eigenvalue weighted by Gasteiger charge is 2.22. The second kappa shape index (κ2) is 6.66. The zero-order valence-electron chi connectivity index (χ0n) is 12.1. The monoisotopic (exact) mass is 330 g/mol. The number of hydrogen-bond acceptors (Lipinski definition) is 6. The molecule has 2 amide bonds. The maximum Gasteiger partial charge on any atom is 0.244 e. The number of thioether (sulfide) groups is 1. The fourth-order valence-electron chi connectivity index (χ4n) is 2.10. The van der Waals surface area contributed by atoms with Crippen LogP contribution in [0.25, 0.3) is 11.4 Å². The van der Waals surface area contributed by atoms with Crippen LogP contribution in [0.1, 0.15) is 0 Å². The van der Waals surface area contributed by atoms with Crippen LogP contribution < -0.4 is 5.32 Å². The van der Waals surface area contributed by atoms with Crippen LogP contribution in [0, 0.1) is 0 Å². The van der Waals surface area contributed by atoms with Gasteiger partial charge in [0.05, 0.1) is 29.7 Å². The normalized spacial score (nSPS) is 14.1. The summed E-state index contributed by atoms with van der Waals surface area (Å²) in [6.45, 7) is 0.0279. The minimum Gasteiger partial charge on any atom is -0.508 e. The van der Waals surface area contributed by atoms with E-state index in [1.807, 2.05) is 0 Å². The van der Waals surface area contributed by atoms with Crippen molar-refractivity contribution in [1.29, 1.82) is 0 Å². The Balaban J connectivity index is 1.63.